The topological polar surface area (TPSA) is 66.9 Å². The Kier molecular flexibility index (Phi) is 4.90. The van der Waals surface area contributed by atoms with Gasteiger partial charge < -0.3 is 10.6 Å². The van der Waals surface area contributed by atoms with Crippen molar-refractivity contribution in [2.75, 3.05) is 10.6 Å². The van der Waals surface area contributed by atoms with Gasteiger partial charge in [-0.1, -0.05) is 15.9 Å². The molecule has 0 radical (unpaired) electrons. The Morgan fingerprint density at radius 2 is 2.05 bits per heavy atom. The summed E-state index contributed by atoms with van der Waals surface area (Å²) in [6.07, 6.45) is 1.57. The van der Waals surface area contributed by atoms with Crippen LogP contribution in [0.4, 0.5) is 11.6 Å². The zero-order valence-corrected chi connectivity index (χ0v) is 13.7. The van der Waals surface area contributed by atoms with Crippen LogP contribution in [0.5, 0.6) is 0 Å². The smallest absolute Gasteiger partial charge is 0.274 e. The van der Waals surface area contributed by atoms with E-state index in [9.17, 15) is 4.79 Å². The number of carbonyl (C=O) groups excluding carboxylic acids is 1. The fraction of sp³-hybridized carbons (Fsp3) is 0.267. The highest BCUT2D eigenvalue weighted by Crippen LogP contribution is 2.20. The van der Waals surface area contributed by atoms with Crippen molar-refractivity contribution in [3.63, 3.8) is 0 Å². The summed E-state index contributed by atoms with van der Waals surface area (Å²) in [5.41, 5.74) is 2.07. The first kappa shape index (κ1) is 15.4. The first-order valence-electron chi connectivity index (χ1n) is 6.63. The summed E-state index contributed by atoms with van der Waals surface area (Å²) in [5.74, 6) is 0.194. The lowest BCUT2D eigenvalue weighted by Crippen LogP contribution is -2.18. The fourth-order valence-electron chi connectivity index (χ4n) is 1.77. The second kappa shape index (κ2) is 6.67. The lowest BCUT2D eigenvalue weighted by Gasteiger charge is -2.10. The summed E-state index contributed by atoms with van der Waals surface area (Å²) in [5, 5.41) is 5.93. The van der Waals surface area contributed by atoms with Crippen molar-refractivity contribution in [1.82, 2.24) is 9.97 Å². The first-order chi connectivity index (χ1) is 9.95. The van der Waals surface area contributed by atoms with E-state index in [0.29, 0.717) is 11.6 Å². The number of hydrogen-bond acceptors (Lipinski definition) is 4. The third-order valence-corrected chi connectivity index (χ3v) is 3.24. The van der Waals surface area contributed by atoms with E-state index >= 15 is 0 Å². The maximum atomic E-state index is 12.2. The van der Waals surface area contributed by atoms with Gasteiger partial charge in [0.15, 0.2) is 0 Å². The molecule has 2 N–H and O–H groups in total. The average Bonchev–Trinajstić information content (AvgIpc) is 2.41. The lowest BCUT2D eigenvalue weighted by molar-refractivity contribution is 0.102. The van der Waals surface area contributed by atoms with E-state index in [2.05, 4.69) is 36.5 Å². The Hall–Kier alpha value is -1.95. The average molecular weight is 349 g/mol. The molecule has 0 bridgehead atoms. The van der Waals surface area contributed by atoms with Crippen molar-refractivity contribution in [3.05, 3.63) is 46.2 Å². The molecule has 0 fully saturated rings. The van der Waals surface area contributed by atoms with Crippen LogP contribution in [-0.2, 0) is 0 Å². The minimum Gasteiger partial charge on any atom is -0.352 e. The van der Waals surface area contributed by atoms with E-state index in [-0.39, 0.29) is 11.9 Å². The van der Waals surface area contributed by atoms with Crippen molar-refractivity contribution in [2.45, 2.75) is 26.8 Å². The molecular weight excluding hydrogens is 332 g/mol. The van der Waals surface area contributed by atoms with Gasteiger partial charge in [-0.2, -0.15) is 0 Å². The highest BCUT2D eigenvalue weighted by molar-refractivity contribution is 9.10. The van der Waals surface area contributed by atoms with Crippen LogP contribution >= 0.6 is 15.9 Å². The highest BCUT2D eigenvalue weighted by Gasteiger charge is 2.11. The molecule has 6 heteroatoms. The normalized spacial score (nSPS) is 10.5. The summed E-state index contributed by atoms with van der Waals surface area (Å²) in [7, 11) is 0. The molecule has 1 amide bonds. The van der Waals surface area contributed by atoms with Gasteiger partial charge in [0.25, 0.3) is 5.91 Å². The number of hydrogen-bond donors (Lipinski definition) is 2. The Morgan fingerprint density at radius 1 is 1.29 bits per heavy atom. The highest BCUT2D eigenvalue weighted by atomic mass is 79.9. The van der Waals surface area contributed by atoms with Gasteiger partial charge in [0, 0.05) is 22.4 Å². The molecule has 0 aliphatic carbocycles. The molecule has 21 heavy (non-hydrogen) atoms. The molecule has 1 heterocycles. The fourth-order valence-corrected chi connectivity index (χ4v) is 2.24. The predicted octanol–water partition coefficient (Wildman–Crippen LogP) is 3.62. The number of rotatable bonds is 4. The molecule has 2 rings (SSSR count). The number of benzene rings is 1. The molecule has 0 spiro atoms. The van der Waals surface area contributed by atoms with Crippen LogP contribution in [0.15, 0.2) is 34.9 Å². The number of amides is 1. The van der Waals surface area contributed by atoms with Gasteiger partial charge >= 0.3 is 0 Å². The van der Waals surface area contributed by atoms with Crippen LogP contribution in [0.2, 0.25) is 0 Å². The van der Waals surface area contributed by atoms with Crippen molar-refractivity contribution >= 4 is 33.5 Å². The van der Waals surface area contributed by atoms with Gasteiger partial charge in [0.1, 0.15) is 5.69 Å². The number of carbonyl (C=O) groups is 1. The number of aromatic nitrogens is 2. The number of aryl methyl sites for hydroxylation is 1. The molecule has 1 aromatic carbocycles. The quantitative estimate of drug-likeness (QED) is 0.885. The van der Waals surface area contributed by atoms with Crippen LogP contribution in [0.1, 0.15) is 29.9 Å². The van der Waals surface area contributed by atoms with E-state index in [1.54, 1.807) is 12.3 Å². The van der Waals surface area contributed by atoms with Gasteiger partial charge in [0.2, 0.25) is 5.95 Å². The van der Waals surface area contributed by atoms with E-state index in [0.717, 1.165) is 15.7 Å². The van der Waals surface area contributed by atoms with Crippen molar-refractivity contribution in [2.24, 2.45) is 0 Å². The molecule has 2 aromatic rings. The number of nitrogens with one attached hydrogen (secondary N) is 2. The van der Waals surface area contributed by atoms with Gasteiger partial charge in [-0.15, -0.1) is 0 Å². The molecule has 0 saturated carbocycles. The Labute approximate surface area is 132 Å². The van der Waals surface area contributed by atoms with Gasteiger partial charge in [-0.3, -0.25) is 4.79 Å². The molecule has 5 nitrogen and oxygen atoms in total. The first-order valence-corrected chi connectivity index (χ1v) is 7.42. The molecule has 0 atom stereocenters. The Balaban J connectivity index is 2.16. The summed E-state index contributed by atoms with van der Waals surface area (Å²) >= 11 is 3.40. The predicted molar refractivity (Wildman–Crippen MR) is 87.6 cm³/mol. The monoisotopic (exact) mass is 348 g/mol. The molecule has 0 aliphatic rings. The standard InChI is InChI=1S/C15H17BrN4O/c1-9(2)18-15-17-7-6-13(20-15)14(21)19-12-5-4-11(16)8-10(12)3/h4-9H,1-3H3,(H,19,21)(H,17,18,20). The molecule has 0 saturated heterocycles. The Morgan fingerprint density at radius 3 is 2.71 bits per heavy atom. The molecular formula is C15H17BrN4O. The van der Waals surface area contributed by atoms with E-state index in [1.165, 1.54) is 0 Å². The summed E-state index contributed by atoms with van der Waals surface area (Å²) in [6, 6.07) is 7.48. The molecule has 110 valence electrons. The summed E-state index contributed by atoms with van der Waals surface area (Å²) < 4.78 is 0.975. The largest absolute Gasteiger partial charge is 0.352 e. The van der Waals surface area contributed by atoms with Crippen LogP contribution in [0, 0.1) is 6.92 Å². The third-order valence-electron chi connectivity index (χ3n) is 2.74. The summed E-state index contributed by atoms with van der Waals surface area (Å²) in [4.78, 5) is 20.6. The van der Waals surface area contributed by atoms with Crippen molar-refractivity contribution in [3.8, 4) is 0 Å². The second-order valence-electron chi connectivity index (χ2n) is 4.98. The zero-order valence-electron chi connectivity index (χ0n) is 12.1. The second-order valence-corrected chi connectivity index (χ2v) is 5.89. The van der Waals surface area contributed by atoms with E-state index in [4.69, 9.17) is 0 Å². The van der Waals surface area contributed by atoms with E-state index in [1.807, 2.05) is 39.0 Å². The van der Waals surface area contributed by atoms with Crippen molar-refractivity contribution in [1.29, 1.82) is 0 Å². The van der Waals surface area contributed by atoms with Gasteiger partial charge in [-0.25, -0.2) is 9.97 Å². The third kappa shape index (κ3) is 4.26. The summed E-state index contributed by atoms with van der Waals surface area (Å²) in [6.45, 7) is 5.91. The van der Waals surface area contributed by atoms with Gasteiger partial charge in [0.05, 0.1) is 0 Å². The SMILES string of the molecule is Cc1cc(Br)ccc1NC(=O)c1ccnc(NC(C)C)n1. The number of halogens is 1. The number of anilines is 2. The minimum absolute atomic E-state index is 0.206. The van der Waals surface area contributed by atoms with Gasteiger partial charge in [-0.05, 0) is 50.6 Å². The number of nitrogens with zero attached hydrogens (tertiary/aromatic N) is 2. The maximum absolute atomic E-state index is 12.2. The van der Waals surface area contributed by atoms with E-state index < -0.39 is 0 Å². The molecule has 0 unspecified atom stereocenters. The zero-order chi connectivity index (χ0) is 15.4. The van der Waals surface area contributed by atoms with Crippen molar-refractivity contribution < 1.29 is 4.79 Å². The lowest BCUT2D eigenvalue weighted by atomic mass is 10.2. The van der Waals surface area contributed by atoms with Crippen LogP contribution in [0.3, 0.4) is 0 Å². The Bertz CT molecular complexity index is 658. The van der Waals surface area contributed by atoms with Crippen LogP contribution in [0.25, 0.3) is 0 Å². The van der Waals surface area contributed by atoms with Crippen LogP contribution in [-0.4, -0.2) is 21.9 Å². The minimum atomic E-state index is -0.255. The molecule has 0 aliphatic heterocycles. The van der Waals surface area contributed by atoms with Crippen LogP contribution < -0.4 is 10.6 Å². The maximum Gasteiger partial charge on any atom is 0.274 e. The molecule has 1 aromatic heterocycles.